The molecule has 2 aromatic carbocycles. The van der Waals surface area contributed by atoms with Gasteiger partial charge in [0.1, 0.15) is 0 Å². The number of rotatable bonds is 6. The van der Waals surface area contributed by atoms with Gasteiger partial charge in [-0.25, -0.2) is 9.59 Å². The average molecular weight is 511 g/mol. The largest absolute Gasteiger partial charge is 0.372 e. The standard InChI is InChI=1S/C27H38N6O4/c1-18-14-32(15-19(2)36-18)26(34)30-28-24-9-5-22(6-10-24)13-23-7-11-25(12-8-23)29-31-27(35)33-16-20(3)37-21(4)17-33/h5-12,18-21,28-29H,13-17H2,1-4H3,(H,30,34)(H,31,35). The first kappa shape index (κ1) is 26.6. The molecule has 37 heavy (non-hydrogen) atoms. The molecule has 0 spiro atoms. The molecule has 200 valence electrons. The summed E-state index contributed by atoms with van der Waals surface area (Å²) in [7, 11) is 0. The van der Waals surface area contributed by atoms with Crippen molar-refractivity contribution in [3.05, 3.63) is 59.7 Å². The second-order valence-electron chi connectivity index (χ2n) is 10.0. The molecule has 4 unspecified atom stereocenters. The van der Waals surface area contributed by atoms with Crippen molar-refractivity contribution >= 4 is 23.4 Å². The quantitative estimate of drug-likeness (QED) is 0.443. The van der Waals surface area contributed by atoms with Crippen molar-refractivity contribution in [1.29, 1.82) is 0 Å². The van der Waals surface area contributed by atoms with Crippen LogP contribution in [0.2, 0.25) is 0 Å². The van der Waals surface area contributed by atoms with Gasteiger partial charge >= 0.3 is 12.1 Å². The van der Waals surface area contributed by atoms with Crippen molar-refractivity contribution in [2.75, 3.05) is 37.0 Å². The van der Waals surface area contributed by atoms with E-state index >= 15 is 0 Å². The lowest BCUT2D eigenvalue weighted by atomic mass is 10.0. The smallest absolute Gasteiger partial charge is 0.336 e. The van der Waals surface area contributed by atoms with Gasteiger partial charge in [0.2, 0.25) is 0 Å². The second-order valence-corrected chi connectivity index (χ2v) is 10.0. The van der Waals surface area contributed by atoms with Crippen molar-refractivity contribution in [2.24, 2.45) is 0 Å². The van der Waals surface area contributed by atoms with Crippen molar-refractivity contribution < 1.29 is 19.1 Å². The highest BCUT2D eigenvalue weighted by molar-refractivity contribution is 5.76. The van der Waals surface area contributed by atoms with Crippen LogP contribution in [0.15, 0.2) is 48.5 Å². The van der Waals surface area contributed by atoms with Gasteiger partial charge < -0.3 is 19.3 Å². The number of ether oxygens (including phenoxy) is 2. The fourth-order valence-electron chi connectivity index (χ4n) is 4.74. The Balaban J connectivity index is 1.21. The zero-order chi connectivity index (χ0) is 26.4. The number of anilines is 2. The number of nitrogens with one attached hydrogen (secondary N) is 4. The molecule has 2 saturated heterocycles. The van der Waals surface area contributed by atoms with Crippen LogP contribution in [-0.2, 0) is 15.9 Å². The lowest BCUT2D eigenvalue weighted by Gasteiger charge is -2.35. The molecule has 2 heterocycles. The number of hydrogen-bond donors (Lipinski definition) is 4. The third kappa shape index (κ3) is 7.74. The Morgan fingerprint density at radius 1 is 0.649 bits per heavy atom. The Bertz CT molecular complexity index is 944. The van der Waals surface area contributed by atoms with E-state index in [2.05, 4.69) is 21.7 Å². The van der Waals surface area contributed by atoms with Gasteiger partial charge in [-0.3, -0.25) is 21.7 Å². The van der Waals surface area contributed by atoms with Gasteiger partial charge in [-0.15, -0.1) is 0 Å². The van der Waals surface area contributed by atoms with Crippen LogP contribution in [0.5, 0.6) is 0 Å². The van der Waals surface area contributed by atoms with Crippen LogP contribution in [0.25, 0.3) is 0 Å². The van der Waals surface area contributed by atoms with Gasteiger partial charge in [-0.2, -0.15) is 0 Å². The summed E-state index contributed by atoms with van der Waals surface area (Å²) in [6.07, 6.45) is 0.883. The number of carbonyl (C=O) groups excluding carboxylic acids is 2. The Morgan fingerprint density at radius 2 is 0.973 bits per heavy atom. The minimum atomic E-state index is -0.162. The number of amides is 4. The van der Waals surface area contributed by atoms with E-state index < -0.39 is 0 Å². The summed E-state index contributed by atoms with van der Waals surface area (Å²) < 4.78 is 11.4. The number of benzene rings is 2. The van der Waals surface area contributed by atoms with E-state index in [9.17, 15) is 9.59 Å². The SMILES string of the molecule is CC1CN(C(=O)NNc2ccc(Cc3ccc(NNC(=O)N4CC(C)OC(C)C4)cc3)cc2)CC(C)O1. The van der Waals surface area contributed by atoms with Crippen LogP contribution < -0.4 is 21.7 Å². The molecule has 2 aromatic rings. The van der Waals surface area contributed by atoms with E-state index in [4.69, 9.17) is 9.47 Å². The zero-order valence-electron chi connectivity index (χ0n) is 22.0. The fourth-order valence-corrected chi connectivity index (χ4v) is 4.74. The van der Waals surface area contributed by atoms with Crippen LogP contribution in [-0.4, -0.2) is 72.5 Å². The van der Waals surface area contributed by atoms with Crippen LogP contribution in [0.4, 0.5) is 21.0 Å². The summed E-state index contributed by atoms with van der Waals surface area (Å²) in [5.74, 6) is 0. The Hall–Kier alpha value is -3.50. The summed E-state index contributed by atoms with van der Waals surface area (Å²) in [5, 5.41) is 0. The number of hydrogen-bond acceptors (Lipinski definition) is 6. The minimum Gasteiger partial charge on any atom is -0.372 e. The van der Waals surface area contributed by atoms with E-state index in [0.717, 1.165) is 28.9 Å². The first-order valence-electron chi connectivity index (χ1n) is 12.9. The lowest BCUT2D eigenvalue weighted by Crippen LogP contribution is -2.52. The van der Waals surface area contributed by atoms with E-state index in [-0.39, 0.29) is 36.5 Å². The Labute approximate surface area is 218 Å². The third-order valence-electron chi connectivity index (χ3n) is 6.36. The molecule has 2 aliphatic heterocycles. The number of morpholine rings is 2. The van der Waals surface area contributed by atoms with Gasteiger partial charge in [-0.1, -0.05) is 24.3 Å². The molecule has 2 aliphatic rings. The zero-order valence-corrected chi connectivity index (χ0v) is 22.0. The molecule has 10 heteroatoms. The second kappa shape index (κ2) is 12.2. The number of hydrazine groups is 2. The molecule has 4 N–H and O–H groups in total. The maximum Gasteiger partial charge on any atom is 0.336 e. The van der Waals surface area contributed by atoms with Gasteiger partial charge in [0.25, 0.3) is 0 Å². The van der Waals surface area contributed by atoms with E-state index in [1.807, 2.05) is 76.2 Å². The van der Waals surface area contributed by atoms with Crippen LogP contribution >= 0.6 is 0 Å². The third-order valence-corrected chi connectivity index (χ3v) is 6.36. The molecule has 4 rings (SSSR count). The number of urea groups is 2. The normalized spacial score (nSPS) is 23.8. The Kier molecular flexibility index (Phi) is 8.73. The average Bonchev–Trinajstić information content (AvgIpc) is 2.86. The molecule has 0 aromatic heterocycles. The molecule has 0 saturated carbocycles. The summed E-state index contributed by atoms with van der Waals surface area (Å²) in [4.78, 5) is 28.4. The molecular weight excluding hydrogens is 472 g/mol. The molecule has 2 fully saturated rings. The van der Waals surface area contributed by atoms with Crippen molar-refractivity contribution in [3.63, 3.8) is 0 Å². The summed E-state index contributed by atoms with van der Waals surface area (Å²) in [6, 6.07) is 15.6. The number of nitrogens with zero attached hydrogens (tertiary/aromatic N) is 2. The summed E-state index contributed by atoms with van der Waals surface area (Å²) >= 11 is 0. The minimum absolute atomic E-state index is 0.0281. The lowest BCUT2D eigenvalue weighted by molar-refractivity contribution is -0.0544. The first-order chi connectivity index (χ1) is 17.7. The molecule has 0 aliphatic carbocycles. The predicted octanol–water partition coefficient (Wildman–Crippen LogP) is 3.57. The van der Waals surface area contributed by atoms with Crippen LogP contribution in [0, 0.1) is 0 Å². The highest BCUT2D eigenvalue weighted by Gasteiger charge is 2.26. The fraction of sp³-hybridized carbons (Fsp3) is 0.481. The van der Waals surface area contributed by atoms with Crippen molar-refractivity contribution in [3.8, 4) is 0 Å². The Morgan fingerprint density at radius 3 is 1.30 bits per heavy atom. The van der Waals surface area contributed by atoms with Gasteiger partial charge in [0.15, 0.2) is 0 Å². The predicted molar refractivity (Wildman–Crippen MR) is 143 cm³/mol. The highest BCUT2D eigenvalue weighted by Crippen LogP contribution is 2.16. The summed E-state index contributed by atoms with van der Waals surface area (Å²) in [6.45, 7) is 10.2. The molecule has 0 radical (unpaired) electrons. The first-order valence-corrected chi connectivity index (χ1v) is 12.9. The van der Waals surface area contributed by atoms with E-state index in [1.54, 1.807) is 9.80 Å². The van der Waals surface area contributed by atoms with Crippen LogP contribution in [0.3, 0.4) is 0 Å². The molecule has 0 bridgehead atoms. The maximum absolute atomic E-state index is 12.4. The van der Waals surface area contributed by atoms with E-state index in [0.29, 0.717) is 26.2 Å². The molecule has 4 atom stereocenters. The van der Waals surface area contributed by atoms with Gasteiger partial charge in [0.05, 0.1) is 35.8 Å². The summed E-state index contributed by atoms with van der Waals surface area (Å²) in [5.41, 5.74) is 15.4. The van der Waals surface area contributed by atoms with Crippen LogP contribution in [0.1, 0.15) is 38.8 Å². The van der Waals surface area contributed by atoms with E-state index in [1.165, 1.54) is 0 Å². The molecular formula is C27H38N6O4. The monoisotopic (exact) mass is 510 g/mol. The highest BCUT2D eigenvalue weighted by atomic mass is 16.5. The molecule has 4 amide bonds. The topological polar surface area (TPSA) is 107 Å². The number of carbonyl (C=O) groups is 2. The maximum atomic E-state index is 12.4. The van der Waals surface area contributed by atoms with Gasteiger partial charge in [-0.05, 0) is 69.5 Å². The van der Waals surface area contributed by atoms with Gasteiger partial charge in [0, 0.05) is 26.2 Å². The van der Waals surface area contributed by atoms with Crippen molar-refractivity contribution in [1.82, 2.24) is 20.7 Å². The molecule has 10 nitrogen and oxygen atoms in total. The van der Waals surface area contributed by atoms with Crippen molar-refractivity contribution in [2.45, 2.75) is 58.5 Å².